The molecule has 0 aliphatic heterocycles. The molecule has 2 amide bonds. The lowest BCUT2D eigenvalue weighted by molar-refractivity contribution is 0.168. The minimum absolute atomic E-state index is 0.112. The zero-order valence-corrected chi connectivity index (χ0v) is 11.5. The average molecular weight is 289 g/mol. The van der Waals surface area contributed by atoms with Gasteiger partial charge < -0.3 is 10.1 Å². The molecular weight excluding hydrogens is 273 g/mol. The van der Waals surface area contributed by atoms with Gasteiger partial charge in [-0.1, -0.05) is 30.3 Å². The summed E-state index contributed by atoms with van der Waals surface area (Å²) in [6.45, 7) is 0.308. The minimum Gasteiger partial charge on any atom is -0.382 e. The van der Waals surface area contributed by atoms with Crippen molar-refractivity contribution in [1.82, 2.24) is 10.3 Å². The van der Waals surface area contributed by atoms with Crippen molar-refractivity contribution >= 4 is 11.8 Å². The van der Waals surface area contributed by atoms with Crippen LogP contribution in [0.2, 0.25) is 0 Å². The molecule has 0 saturated heterocycles. The highest BCUT2D eigenvalue weighted by Crippen LogP contribution is 2.14. The van der Waals surface area contributed by atoms with Gasteiger partial charge in [0.1, 0.15) is 0 Å². The number of ether oxygens (including phenoxy) is 1. The van der Waals surface area contributed by atoms with Crippen molar-refractivity contribution in [2.45, 2.75) is 6.04 Å². The number of hydrogen-bond donors (Lipinski definition) is 2. The van der Waals surface area contributed by atoms with Crippen LogP contribution in [0.25, 0.3) is 0 Å². The van der Waals surface area contributed by atoms with Gasteiger partial charge in [-0.15, -0.1) is 0 Å². The summed E-state index contributed by atoms with van der Waals surface area (Å²) in [6.07, 6.45) is 1.41. The Morgan fingerprint density at radius 3 is 2.71 bits per heavy atom. The predicted octanol–water partition coefficient (Wildman–Crippen LogP) is 2.73. The SMILES string of the molecule is COCC(NC(=O)Nc1ncccc1F)c1ccccc1. The fraction of sp³-hybridized carbons (Fsp3) is 0.200. The number of carbonyl (C=O) groups excluding carboxylic acids is 1. The molecule has 0 spiro atoms. The third-order valence-corrected chi connectivity index (χ3v) is 2.83. The number of halogens is 1. The van der Waals surface area contributed by atoms with Gasteiger partial charge in [0.2, 0.25) is 0 Å². The number of nitrogens with one attached hydrogen (secondary N) is 2. The molecule has 2 rings (SSSR count). The Balaban J connectivity index is 2.04. The van der Waals surface area contributed by atoms with E-state index in [2.05, 4.69) is 15.6 Å². The van der Waals surface area contributed by atoms with Gasteiger partial charge in [-0.05, 0) is 17.7 Å². The summed E-state index contributed by atoms with van der Waals surface area (Å²) in [4.78, 5) is 15.7. The molecule has 0 fully saturated rings. The standard InChI is InChI=1S/C15H16FN3O2/c1-21-10-13(11-6-3-2-4-7-11)18-15(20)19-14-12(16)8-5-9-17-14/h2-9,13H,10H2,1H3,(H2,17,18,19,20). The van der Waals surface area contributed by atoms with Gasteiger partial charge in [0, 0.05) is 13.3 Å². The minimum atomic E-state index is -0.587. The normalized spacial score (nSPS) is 11.7. The number of methoxy groups -OCH3 is 1. The third-order valence-electron chi connectivity index (χ3n) is 2.83. The van der Waals surface area contributed by atoms with Crippen molar-refractivity contribution in [3.8, 4) is 0 Å². The second kappa shape index (κ2) is 7.35. The quantitative estimate of drug-likeness (QED) is 0.889. The van der Waals surface area contributed by atoms with Crippen LogP contribution in [-0.2, 0) is 4.74 Å². The summed E-state index contributed by atoms with van der Waals surface area (Å²) >= 11 is 0. The Hall–Kier alpha value is -2.47. The van der Waals surface area contributed by atoms with E-state index in [0.29, 0.717) is 6.61 Å². The number of nitrogens with zero attached hydrogens (tertiary/aromatic N) is 1. The highest BCUT2D eigenvalue weighted by atomic mass is 19.1. The molecule has 21 heavy (non-hydrogen) atoms. The highest BCUT2D eigenvalue weighted by Gasteiger charge is 2.15. The van der Waals surface area contributed by atoms with E-state index in [1.165, 1.54) is 18.3 Å². The Morgan fingerprint density at radius 2 is 2.05 bits per heavy atom. The van der Waals surface area contributed by atoms with Gasteiger partial charge in [-0.2, -0.15) is 0 Å². The summed E-state index contributed by atoms with van der Waals surface area (Å²) in [7, 11) is 1.55. The summed E-state index contributed by atoms with van der Waals surface area (Å²) < 4.78 is 18.5. The van der Waals surface area contributed by atoms with Crippen molar-refractivity contribution in [2.75, 3.05) is 19.0 Å². The first-order valence-corrected chi connectivity index (χ1v) is 6.42. The fourth-order valence-electron chi connectivity index (χ4n) is 1.85. The number of anilines is 1. The van der Waals surface area contributed by atoms with E-state index in [1.54, 1.807) is 7.11 Å². The summed E-state index contributed by atoms with van der Waals surface area (Å²) in [6, 6.07) is 11.2. The highest BCUT2D eigenvalue weighted by molar-refractivity contribution is 5.88. The molecule has 2 N–H and O–H groups in total. The van der Waals surface area contributed by atoms with Crippen molar-refractivity contribution in [3.05, 3.63) is 60.0 Å². The average Bonchev–Trinajstić information content (AvgIpc) is 2.50. The lowest BCUT2D eigenvalue weighted by Gasteiger charge is -2.18. The zero-order chi connectivity index (χ0) is 15.1. The van der Waals surface area contributed by atoms with Gasteiger partial charge in [-0.3, -0.25) is 5.32 Å². The molecule has 1 atom stereocenters. The largest absolute Gasteiger partial charge is 0.382 e. The lowest BCUT2D eigenvalue weighted by atomic mass is 10.1. The smallest absolute Gasteiger partial charge is 0.321 e. The molecule has 2 aromatic rings. The van der Waals surface area contributed by atoms with Gasteiger partial charge in [-0.25, -0.2) is 14.2 Å². The Morgan fingerprint density at radius 1 is 1.29 bits per heavy atom. The molecule has 1 aromatic carbocycles. The summed E-state index contributed by atoms with van der Waals surface area (Å²) in [5.41, 5.74) is 0.899. The van der Waals surface area contributed by atoms with Crippen molar-refractivity contribution in [1.29, 1.82) is 0 Å². The third kappa shape index (κ3) is 4.25. The number of pyridine rings is 1. The number of aromatic nitrogens is 1. The summed E-state index contributed by atoms with van der Waals surface area (Å²) in [5, 5.41) is 5.11. The van der Waals surface area contributed by atoms with E-state index < -0.39 is 11.8 Å². The molecule has 0 saturated carbocycles. The second-order valence-electron chi connectivity index (χ2n) is 4.35. The van der Waals surface area contributed by atoms with Gasteiger partial charge >= 0.3 is 6.03 Å². The van der Waals surface area contributed by atoms with Gasteiger partial charge in [0.25, 0.3) is 0 Å². The van der Waals surface area contributed by atoms with E-state index in [9.17, 15) is 9.18 Å². The number of benzene rings is 1. The number of urea groups is 1. The molecule has 1 aromatic heterocycles. The van der Waals surface area contributed by atoms with Crippen LogP contribution in [0.1, 0.15) is 11.6 Å². The maximum absolute atomic E-state index is 13.4. The summed E-state index contributed by atoms with van der Waals surface area (Å²) in [5.74, 6) is -0.699. The Labute approximate surface area is 122 Å². The van der Waals surface area contributed by atoms with Gasteiger partial charge in [0.05, 0.1) is 12.6 Å². The molecule has 5 nitrogen and oxygen atoms in total. The maximum Gasteiger partial charge on any atom is 0.321 e. The van der Waals surface area contributed by atoms with Crippen LogP contribution >= 0.6 is 0 Å². The molecule has 6 heteroatoms. The van der Waals surface area contributed by atoms with Gasteiger partial charge in [0.15, 0.2) is 11.6 Å². The van der Waals surface area contributed by atoms with E-state index in [4.69, 9.17) is 4.74 Å². The topological polar surface area (TPSA) is 63.2 Å². The van der Waals surface area contributed by atoms with Crippen molar-refractivity contribution < 1.29 is 13.9 Å². The molecule has 0 aliphatic carbocycles. The van der Waals surface area contributed by atoms with Crippen LogP contribution < -0.4 is 10.6 Å². The molecule has 0 bridgehead atoms. The first kappa shape index (κ1) is 14.9. The van der Waals surface area contributed by atoms with Crippen LogP contribution in [0, 0.1) is 5.82 Å². The van der Waals surface area contributed by atoms with E-state index in [-0.39, 0.29) is 11.9 Å². The monoisotopic (exact) mass is 289 g/mol. The van der Waals surface area contributed by atoms with E-state index in [1.807, 2.05) is 30.3 Å². The molecule has 0 radical (unpaired) electrons. The first-order valence-electron chi connectivity index (χ1n) is 6.42. The first-order chi connectivity index (χ1) is 10.2. The Kier molecular flexibility index (Phi) is 5.22. The number of hydrogen-bond acceptors (Lipinski definition) is 3. The van der Waals surface area contributed by atoms with Crippen LogP contribution in [0.5, 0.6) is 0 Å². The number of amides is 2. The number of carbonyl (C=O) groups is 1. The molecule has 1 heterocycles. The second-order valence-corrected chi connectivity index (χ2v) is 4.35. The van der Waals surface area contributed by atoms with E-state index >= 15 is 0 Å². The molecule has 0 aliphatic rings. The van der Waals surface area contributed by atoms with Crippen molar-refractivity contribution in [2.24, 2.45) is 0 Å². The van der Waals surface area contributed by atoms with Crippen LogP contribution in [0.15, 0.2) is 48.7 Å². The van der Waals surface area contributed by atoms with E-state index in [0.717, 1.165) is 5.56 Å². The van der Waals surface area contributed by atoms with Crippen LogP contribution in [0.4, 0.5) is 15.0 Å². The fourth-order valence-corrected chi connectivity index (χ4v) is 1.85. The number of rotatable bonds is 5. The lowest BCUT2D eigenvalue weighted by Crippen LogP contribution is -2.35. The van der Waals surface area contributed by atoms with Crippen molar-refractivity contribution in [3.63, 3.8) is 0 Å². The van der Waals surface area contributed by atoms with Crippen LogP contribution in [0.3, 0.4) is 0 Å². The molecule has 110 valence electrons. The zero-order valence-electron chi connectivity index (χ0n) is 11.5. The molecule has 1 unspecified atom stereocenters. The predicted molar refractivity (Wildman–Crippen MR) is 77.4 cm³/mol. The van der Waals surface area contributed by atoms with Crippen LogP contribution in [-0.4, -0.2) is 24.7 Å². The maximum atomic E-state index is 13.4. The molecular formula is C15H16FN3O2. The Bertz CT molecular complexity index is 592.